The molecule has 1 rings (SSSR count). The number of aromatic amines is 1. The van der Waals surface area contributed by atoms with Crippen molar-refractivity contribution in [2.45, 2.75) is 32.7 Å². The van der Waals surface area contributed by atoms with Crippen molar-refractivity contribution in [3.63, 3.8) is 0 Å². The second-order valence-corrected chi connectivity index (χ2v) is 5.27. The van der Waals surface area contributed by atoms with Crippen molar-refractivity contribution in [3.05, 3.63) is 32.6 Å². The summed E-state index contributed by atoms with van der Waals surface area (Å²) < 4.78 is 1.35. The minimum Gasteiger partial charge on any atom is -0.393 e. The van der Waals surface area contributed by atoms with Crippen LogP contribution in [0.15, 0.2) is 15.8 Å². The third-order valence-corrected chi connectivity index (χ3v) is 3.36. The first-order valence-electron chi connectivity index (χ1n) is 6.70. The lowest BCUT2D eigenvalue weighted by molar-refractivity contribution is -0.130. The van der Waals surface area contributed by atoms with Crippen LogP contribution in [0.25, 0.3) is 0 Å². The number of aryl methyl sites for hydroxylation is 2. The smallest absolute Gasteiger partial charge is 0.328 e. The highest BCUT2D eigenvalue weighted by Crippen LogP contribution is 1.97. The van der Waals surface area contributed by atoms with E-state index in [2.05, 4.69) is 4.98 Å². The molecule has 0 unspecified atom stereocenters. The van der Waals surface area contributed by atoms with Crippen LogP contribution in [0.3, 0.4) is 0 Å². The van der Waals surface area contributed by atoms with Gasteiger partial charge in [-0.25, -0.2) is 4.79 Å². The van der Waals surface area contributed by atoms with Gasteiger partial charge in [-0.15, -0.1) is 0 Å². The molecule has 3 N–H and O–H groups in total. The van der Waals surface area contributed by atoms with Crippen molar-refractivity contribution in [1.29, 1.82) is 0 Å². The van der Waals surface area contributed by atoms with Crippen molar-refractivity contribution >= 4 is 23.1 Å². The number of carbonyl (C=O) groups is 1. The lowest BCUT2D eigenvalue weighted by atomic mass is 10.2. The number of hydrogen-bond acceptors (Lipinski definition) is 4. The van der Waals surface area contributed by atoms with Crippen LogP contribution in [0, 0.1) is 0 Å². The van der Waals surface area contributed by atoms with E-state index < -0.39 is 5.69 Å². The number of nitrogens with one attached hydrogen (secondary N) is 1. The molecule has 8 heteroatoms. The molecule has 0 spiro atoms. The first kappa shape index (κ1) is 17.1. The van der Waals surface area contributed by atoms with Crippen LogP contribution >= 0.6 is 12.2 Å². The molecule has 116 valence electrons. The predicted octanol–water partition coefficient (Wildman–Crippen LogP) is -0.376. The Morgan fingerprint density at radius 2 is 2.10 bits per heavy atom. The monoisotopic (exact) mass is 312 g/mol. The average Bonchev–Trinajstić information content (AvgIpc) is 2.43. The summed E-state index contributed by atoms with van der Waals surface area (Å²) in [6, 6.07) is 0. The maximum Gasteiger partial charge on any atom is 0.328 e. The third-order valence-electron chi connectivity index (χ3n) is 3.15. The van der Waals surface area contributed by atoms with Crippen LogP contribution in [0.2, 0.25) is 0 Å². The van der Waals surface area contributed by atoms with Crippen LogP contribution in [-0.2, 0) is 17.8 Å². The van der Waals surface area contributed by atoms with Gasteiger partial charge in [-0.05, 0) is 6.42 Å². The number of nitrogens with two attached hydrogens (primary N) is 1. The van der Waals surface area contributed by atoms with E-state index in [-0.39, 0.29) is 24.4 Å². The molecule has 1 heterocycles. The van der Waals surface area contributed by atoms with E-state index >= 15 is 0 Å². The summed E-state index contributed by atoms with van der Waals surface area (Å²) in [4.78, 5) is 39.2. The first-order valence-corrected chi connectivity index (χ1v) is 7.10. The number of thiocarbonyl (C=S) groups is 1. The van der Waals surface area contributed by atoms with Gasteiger partial charge >= 0.3 is 5.69 Å². The lowest BCUT2D eigenvalue weighted by Gasteiger charge is -2.17. The van der Waals surface area contributed by atoms with Crippen molar-refractivity contribution in [2.75, 3.05) is 13.6 Å². The van der Waals surface area contributed by atoms with Gasteiger partial charge in [0.1, 0.15) is 0 Å². The molecule has 1 amide bonds. The van der Waals surface area contributed by atoms with Crippen molar-refractivity contribution in [2.24, 2.45) is 5.73 Å². The van der Waals surface area contributed by atoms with E-state index in [0.29, 0.717) is 29.9 Å². The van der Waals surface area contributed by atoms with Crippen molar-refractivity contribution < 1.29 is 4.79 Å². The van der Waals surface area contributed by atoms with Crippen LogP contribution in [0.1, 0.15) is 25.3 Å². The number of rotatable bonds is 7. The Hall–Kier alpha value is -1.96. The molecule has 0 atom stereocenters. The minimum absolute atomic E-state index is 0.109. The van der Waals surface area contributed by atoms with Crippen LogP contribution in [-0.4, -0.2) is 38.9 Å². The molecule has 0 aliphatic heterocycles. The van der Waals surface area contributed by atoms with E-state index in [1.54, 1.807) is 7.05 Å². The molecule has 1 aromatic heterocycles. The Kier molecular flexibility index (Phi) is 6.29. The number of nitrogens with zero attached hydrogens (tertiary/aromatic N) is 2. The van der Waals surface area contributed by atoms with Gasteiger partial charge in [0.05, 0.1) is 4.99 Å². The lowest BCUT2D eigenvalue weighted by Crippen LogP contribution is -2.34. The molecular weight excluding hydrogens is 292 g/mol. The standard InChI is InChI=1S/C13H20N4O3S/c1-3-9-8-17(13(20)15-12(9)19)7-5-11(18)16(2)6-4-10(14)21/h8H,3-7H2,1-2H3,(H2,14,21)(H,15,19,20). The summed E-state index contributed by atoms with van der Waals surface area (Å²) in [5.74, 6) is -0.109. The number of hydrogen-bond donors (Lipinski definition) is 2. The number of H-pyrrole nitrogens is 1. The highest BCUT2D eigenvalue weighted by atomic mass is 32.1. The average molecular weight is 312 g/mol. The zero-order valence-corrected chi connectivity index (χ0v) is 13.0. The second-order valence-electron chi connectivity index (χ2n) is 4.74. The van der Waals surface area contributed by atoms with Gasteiger partial charge in [-0.2, -0.15) is 0 Å². The summed E-state index contributed by atoms with van der Waals surface area (Å²) in [5, 5.41) is 0. The molecule has 0 saturated heterocycles. The summed E-state index contributed by atoms with van der Waals surface area (Å²) in [7, 11) is 1.66. The molecular formula is C13H20N4O3S. The largest absolute Gasteiger partial charge is 0.393 e. The van der Waals surface area contributed by atoms with E-state index in [0.717, 1.165) is 0 Å². The fraction of sp³-hybridized carbons (Fsp3) is 0.538. The van der Waals surface area contributed by atoms with E-state index in [1.165, 1.54) is 15.7 Å². The number of amides is 1. The second kappa shape index (κ2) is 7.72. The highest BCUT2D eigenvalue weighted by molar-refractivity contribution is 7.80. The Morgan fingerprint density at radius 3 is 2.67 bits per heavy atom. The van der Waals surface area contributed by atoms with Gasteiger partial charge in [-0.1, -0.05) is 19.1 Å². The molecule has 0 bridgehead atoms. The summed E-state index contributed by atoms with van der Waals surface area (Å²) in [6.07, 6.45) is 2.67. The molecule has 0 aromatic carbocycles. The topological polar surface area (TPSA) is 101 Å². The summed E-state index contributed by atoms with van der Waals surface area (Å²) in [5.41, 5.74) is 5.02. The molecule has 0 aliphatic carbocycles. The minimum atomic E-state index is -0.504. The summed E-state index contributed by atoms with van der Waals surface area (Å²) in [6.45, 7) is 2.50. The SMILES string of the molecule is CCc1cn(CCC(=O)N(C)CCC(N)=S)c(=O)[nH]c1=O. The van der Waals surface area contributed by atoms with Gasteiger partial charge in [-0.3, -0.25) is 19.1 Å². The van der Waals surface area contributed by atoms with Crippen LogP contribution in [0.5, 0.6) is 0 Å². The molecule has 1 aromatic rings. The molecule has 0 fully saturated rings. The quantitative estimate of drug-likeness (QED) is 0.669. The Morgan fingerprint density at radius 1 is 1.43 bits per heavy atom. The predicted molar refractivity (Wildman–Crippen MR) is 84.4 cm³/mol. The zero-order valence-electron chi connectivity index (χ0n) is 12.2. The highest BCUT2D eigenvalue weighted by Gasteiger charge is 2.10. The van der Waals surface area contributed by atoms with E-state index in [9.17, 15) is 14.4 Å². The Labute approximate surface area is 127 Å². The van der Waals surface area contributed by atoms with Crippen molar-refractivity contribution in [3.8, 4) is 0 Å². The molecule has 0 saturated carbocycles. The maximum atomic E-state index is 11.9. The molecule has 0 aliphatic rings. The van der Waals surface area contributed by atoms with Crippen LogP contribution < -0.4 is 17.0 Å². The first-order chi connectivity index (χ1) is 9.85. The zero-order chi connectivity index (χ0) is 16.0. The van der Waals surface area contributed by atoms with Gasteiger partial charge < -0.3 is 10.6 Å². The molecule has 7 nitrogen and oxygen atoms in total. The van der Waals surface area contributed by atoms with Crippen LogP contribution in [0.4, 0.5) is 0 Å². The van der Waals surface area contributed by atoms with E-state index in [1.807, 2.05) is 6.92 Å². The third kappa shape index (κ3) is 5.14. The molecule has 21 heavy (non-hydrogen) atoms. The fourth-order valence-electron chi connectivity index (χ4n) is 1.78. The Balaban J connectivity index is 2.67. The Bertz CT molecular complexity index is 635. The number of aromatic nitrogens is 2. The van der Waals surface area contributed by atoms with Gasteiger partial charge in [0.15, 0.2) is 0 Å². The molecule has 0 radical (unpaired) electrons. The van der Waals surface area contributed by atoms with Gasteiger partial charge in [0.2, 0.25) is 5.91 Å². The fourth-order valence-corrected chi connectivity index (χ4v) is 1.87. The summed E-state index contributed by atoms with van der Waals surface area (Å²) >= 11 is 4.76. The van der Waals surface area contributed by atoms with Gasteiger partial charge in [0.25, 0.3) is 5.56 Å². The normalized spacial score (nSPS) is 10.4. The van der Waals surface area contributed by atoms with E-state index in [4.69, 9.17) is 18.0 Å². The van der Waals surface area contributed by atoms with Gasteiger partial charge in [0, 0.05) is 44.7 Å². The number of carbonyl (C=O) groups excluding carboxylic acids is 1. The van der Waals surface area contributed by atoms with Crippen molar-refractivity contribution in [1.82, 2.24) is 14.5 Å². The maximum absolute atomic E-state index is 11.9.